The van der Waals surface area contributed by atoms with E-state index in [-0.39, 0.29) is 10.6 Å². The second kappa shape index (κ2) is 4.14. The van der Waals surface area contributed by atoms with Crippen LogP contribution in [0.4, 0.5) is 5.69 Å². The average Bonchev–Trinajstić information content (AvgIpc) is 2.64. The number of hydrogen-bond acceptors (Lipinski definition) is 3. The van der Waals surface area contributed by atoms with Crippen molar-refractivity contribution in [3.05, 3.63) is 57.9 Å². The molecule has 1 heterocycles. The molecule has 0 saturated heterocycles. The summed E-state index contributed by atoms with van der Waals surface area (Å²) in [5, 5.41) is 15.0. The second-order valence-electron chi connectivity index (χ2n) is 3.54. The number of aromatic nitrogens is 2. The van der Waals surface area contributed by atoms with Gasteiger partial charge in [0.15, 0.2) is 0 Å². The minimum Gasteiger partial charge on any atom is -0.268 e. The van der Waals surface area contributed by atoms with Gasteiger partial charge >= 0.3 is 0 Å². The zero-order valence-corrected chi connectivity index (χ0v) is 8.83. The van der Waals surface area contributed by atoms with Crippen LogP contribution in [0.15, 0.2) is 36.5 Å². The molecule has 0 N–H and O–H groups in total. The van der Waals surface area contributed by atoms with E-state index in [0.29, 0.717) is 12.1 Å². The largest absolute Gasteiger partial charge is 0.274 e. The normalized spacial score (nSPS) is 10.3. The molecule has 0 spiro atoms. The molecule has 0 fully saturated rings. The van der Waals surface area contributed by atoms with Crippen LogP contribution >= 0.6 is 0 Å². The highest BCUT2D eigenvalue weighted by molar-refractivity contribution is 5.39. The highest BCUT2D eigenvalue weighted by Crippen LogP contribution is 2.18. The molecular weight excluding hydrogens is 206 g/mol. The van der Waals surface area contributed by atoms with Crippen LogP contribution in [-0.2, 0) is 6.54 Å². The van der Waals surface area contributed by atoms with Crippen molar-refractivity contribution in [1.29, 1.82) is 0 Å². The van der Waals surface area contributed by atoms with Gasteiger partial charge in [0.1, 0.15) is 0 Å². The lowest BCUT2D eigenvalue weighted by Gasteiger charge is -2.02. The molecule has 0 unspecified atom stereocenters. The average molecular weight is 217 g/mol. The van der Waals surface area contributed by atoms with Gasteiger partial charge in [-0.15, -0.1) is 0 Å². The van der Waals surface area contributed by atoms with Crippen LogP contribution < -0.4 is 0 Å². The van der Waals surface area contributed by atoms with E-state index in [0.717, 1.165) is 5.69 Å². The maximum Gasteiger partial charge on any atom is 0.274 e. The lowest BCUT2D eigenvalue weighted by atomic mass is 10.2. The van der Waals surface area contributed by atoms with Gasteiger partial charge in [-0.2, -0.15) is 5.10 Å². The Morgan fingerprint density at radius 1 is 1.38 bits per heavy atom. The van der Waals surface area contributed by atoms with Gasteiger partial charge in [-0.05, 0) is 13.0 Å². The van der Waals surface area contributed by atoms with Crippen LogP contribution in [0.5, 0.6) is 0 Å². The molecular formula is C11H11N3O2. The van der Waals surface area contributed by atoms with Gasteiger partial charge in [0.2, 0.25) is 0 Å². The standard InChI is InChI=1S/C11H11N3O2/c1-9-6-7-13(12-9)8-10-4-2-3-5-11(10)14(15)16/h2-7H,8H2,1H3. The summed E-state index contributed by atoms with van der Waals surface area (Å²) in [6.07, 6.45) is 1.81. The molecule has 0 amide bonds. The Balaban J connectivity index is 2.31. The lowest BCUT2D eigenvalue weighted by molar-refractivity contribution is -0.385. The number of hydrogen-bond donors (Lipinski definition) is 0. The van der Waals surface area contributed by atoms with Gasteiger partial charge in [-0.25, -0.2) is 0 Å². The molecule has 0 aliphatic carbocycles. The van der Waals surface area contributed by atoms with E-state index in [1.54, 1.807) is 22.9 Å². The molecule has 0 aliphatic heterocycles. The van der Waals surface area contributed by atoms with Gasteiger partial charge in [0.05, 0.1) is 22.7 Å². The molecule has 0 bridgehead atoms. The number of aryl methyl sites for hydroxylation is 1. The molecule has 1 aromatic carbocycles. The van der Waals surface area contributed by atoms with E-state index in [9.17, 15) is 10.1 Å². The van der Waals surface area contributed by atoms with E-state index < -0.39 is 0 Å². The quantitative estimate of drug-likeness (QED) is 0.584. The fourth-order valence-electron chi connectivity index (χ4n) is 1.55. The Labute approximate surface area is 92.5 Å². The minimum atomic E-state index is -0.369. The molecule has 0 aliphatic rings. The molecule has 16 heavy (non-hydrogen) atoms. The van der Waals surface area contributed by atoms with Gasteiger partial charge < -0.3 is 0 Å². The Hall–Kier alpha value is -2.17. The molecule has 5 heteroatoms. The second-order valence-corrected chi connectivity index (χ2v) is 3.54. The summed E-state index contributed by atoms with van der Waals surface area (Å²) in [6.45, 7) is 2.31. The van der Waals surface area contributed by atoms with Gasteiger partial charge in [-0.3, -0.25) is 14.8 Å². The van der Waals surface area contributed by atoms with E-state index >= 15 is 0 Å². The van der Waals surface area contributed by atoms with E-state index in [4.69, 9.17) is 0 Å². The monoisotopic (exact) mass is 217 g/mol. The van der Waals surface area contributed by atoms with Crippen molar-refractivity contribution in [3.8, 4) is 0 Å². The maximum absolute atomic E-state index is 10.8. The van der Waals surface area contributed by atoms with Crippen LogP contribution in [0.3, 0.4) is 0 Å². The first kappa shape index (κ1) is 10.4. The zero-order valence-electron chi connectivity index (χ0n) is 8.83. The fraction of sp³-hybridized carbons (Fsp3) is 0.182. The summed E-state index contributed by atoms with van der Waals surface area (Å²) in [4.78, 5) is 10.4. The van der Waals surface area contributed by atoms with E-state index in [2.05, 4.69) is 5.10 Å². The SMILES string of the molecule is Cc1ccn(Cc2ccccc2[N+](=O)[O-])n1. The third kappa shape index (κ3) is 2.08. The Bertz CT molecular complexity index is 519. The molecule has 2 rings (SSSR count). The van der Waals surface area contributed by atoms with Crippen molar-refractivity contribution in [2.75, 3.05) is 0 Å². The first-order valence-electron chi connectivity index (χ1n) is 4.89. The molecule has 1 aromatic heterocycles. The lowest BCUT2D eigenvalue weighted by Crippen LogP contribution is -2.03. The van der Waals surface area contributed by atoms with Crippen LogP contribution in [0, 0.1) is 17.0 Å². The first-order chi connectivity index (χ1) is 7.66. The smallest absolute Gasteiger partial charge is 0.268 e. The maximum atomic E-state index is 10.8. The van der Waals surface area contributed by atoms with Gasteiger partial charge in [0, 0.05) is 12.3 Å². The number of para-hydroxylation sites is 1. The van der Waals surface area contributed by atoms with E-state index in [1.807, 2.05) is 19.2 Å². The molecule has 2 aromatic rings. The third-order valence-corrected chi connectivity index (χ3v) is 2.29. The number of nitro groups is 1. The van der Waals surface area contributed by atoms with Gasteiger partial charge in [-0.1, -0.05) is 18.2 Å². The molecule has 82 valence electrons. The van der Waals surface area contributed by atoms with Crippen molar-refractivity contribution in [2.45, 2.75) is 13.5 Å². The van der Waals surface area contributed by atoms with Crippen molar-refractivity contribution in [1.82, 2.24) is 9.78 Å². The summed E-state index contributed by atoms with van der Waals surface area (Å²) in [5.41, 5.74) is 1.70. The van der Waals surface area contributed by atoms with E-state index in [1.165, 1.54) is 6.07 Å². The number of benzene rings is 1. The predicted molar refractivity (Wildman–Crippen MR) is 59.2 cm³/mol. The van der Waals surface area contributed by atoms with Gasteiger partial charge in [0.25, 0.3) is 5.69 Å². The summed E-state index contributed by atoms with van der Waals surface area (Å²) in [6, 6.07) is 8.57. The summed E-state index contributed by atoms with van der Waals surface area (Å²) < 4.78 is 1.69. The summed E-state index contributed by atoms with van der Waals surface area (Å²) >= 11 is 0. The summed E-state index contributed by atoms with van der Waals surface area (Å²) in [7, 11) is 0. The van der Waals surface area contributed by atoms with Crippen LogP contribution in [0.1, 0.15) is 11.3 Å². The molecule has 0 saturated carbocycles. The predicted octanol–water partition coefficient (Wildman–Crippen LogP) is 2.15. The molecule has 0 radical (unpaired) electrons. The molecule has 5 nitrogen and oxygen atoms in total. The zero-order chi connectivity index (χ0) is 11.5. The summed E-state index contributed by atoms with van der Waals surface area (Å²) in [5.74, 6) is 0. The Morgan fingerprint density at radius 3 is 2.75 bits per heavy atom. The topological polar surface area (TPSA) is 61.0 Å². The van der Waals surface area contributed by atoms with Crippen molar-refractivity contribution < 1.29 is 4.92 Å². The van der Waals surface area contributed by atoms with Crippen molar-refractivity contribution in [2.24, 2.45) is 0 Å². The first-order valence-corrected chi connectivity index (χ1v) is 4.89. The molecule has 0 atom stereocenters. The van der Waals surface area contributed by atoms with Crippen molar-refractivity contribution >= 4 is 5.69 Å². The van der Waals surface area contributed by atoms with Crippen molar-refractivity contribution in [3.63, 3.8) is 0 Å². The van der Waals surface area contributed by atoms with Crippen LogP contribution in [0.2, 0.25) is 0 Å². The number of rotatable bonds is 3. The van der Waals surface area contributed by atoms with Crippen LogP contribution in [-0.4, -0.2) is 14.7 Å². The number of nitro benzene ring substituents is 1. The highest BCUT2D eigenvalue weighted by Gasteiger charge is 2.12. The highest BCUT2D eigenvalue weighted by atomic mass is 16.6. The number of nitrogens with zero attached hydrogens (tertiary/aromatic N) is 3. The van der Waals surface area contributed by atoms with Crippen LogP contribution in [0.25, 0.3) is 0 Å². The third-order valence-electron chi connectivity index (χ3n) is 2.29. The Morgan fingerprint density at radius 2 is 2.12 bits per heavy atom. The Kier molecular flexibility index (Phi) is 2.68. The minimum absolute atomic E-state index is 0.135. The fourth-order valence-corrected chi connectivity index (χ4v) is 1.55.